The molecule has 21 heavy (non-hydrogen) atoms. The highest BCUT2D eigenvalue weighted by Gasteiger charge is 2.14. The number of nitrogens with two attached hydrogens (primary N) is 1. The Kier molecular flexibility index (Phi) is 4.65. The first-order valence-electron chi connectivity index (χ1n) is 6.81. The van der Waals surface area contributed by atoms with Crippen molar-refractivity contribution in [2.45, 2.75) is 25.2 Å². The van der Waals surface area contributed by atoms with Crippen LogP contribution in [0.15, 0.2) is 47.4 Å². The van der Waals surface area contributed by atoms with E-state index < -0.39 is 10.0 Å². The third kappa shape index (κ3) is 3.83. The lowest BCUT2D eigenvalue weighted by Crippen LogP contribution is -2.13. The molecule has 112 valence electrons. The van der Waals surface area contributed by atoms with E-state index in [1.165, 1.54) is 0 Å². The van der Waals surface area contributed by atoms with Crippen molar-refractivity contribution in [3.63, 3.8) is 0 Å². The van der Waals surface area contributed by atoms with Crippen LogP contribution in [0, 0.1) is 13.8 Å². The molecule has 2 rings (SSSR count). The van der Waals surface area contributed by atoms with Gasteiger partial charge in [-0.25, -0.2) is 8.42 Å². The van der Waals surface area contributed by atoms with E-state index in [9.17, 15) is 8.42 Å². The first kappa shape index (κ1) is 15.5. The summed E-state index contributed by atoms with van der Waals surface area (Å²) in [5, 5.41) is 0. The second kappa shape index (κ2) is 6.28. The zero-order valence-corrected chi connectivity index (χ0v) is 13.1. The molecule has 2 aromatic rings. The van der Waals surface area contributed by atoms with Gasteiger partial charge in [0.15, 0.2) is 0 Å². The van der Waals surface area contributed by atoms with Crippen LogP contribution in [0.4, 0.5) is 5.69 Å². The van der Waals surface area contributed by atoms with E-state index >= 15 is 0 Å². The average molecular weight is 304 g/mol. The van der Waals surface area contributed by atoms with Crippen molar-refractivity contribution in [1.29, 1.82) is 0 Å². The van der Waals surface area contributed by atoms with E-state index in [1.54, 1.807) is 24.3 Å². The summed E-state index contributed by atoms with van der Waals surface area (Å²) >= 11 is 0. The molecule has 0 saturated heterocycles. The van der Waals surface area contributed by atoms with Gasteiger partial charge in [0.25, 0.3) is 10.0 Å². The van der Waals surface area contributed by atoms with Crippen molar-refractivity contribution in [1.82, 2.24) is 0 Å². The third-order valence-corrected chi connectivity index (χ3v) is 4.81. The van der Waals surface area contributed by atoms with Crippen LogP contribution in [-0.4, -0.2) is 15.0 Å². The molecule has 3 N–H and O–H groups in total. The quantitative estimate of drug-likeness (QED) is 0.892. The summed E-state index contributed by atoms with van der Waals surface area (Å²) in [5.74, 6) is 0. The summed E-state index contributed by atoms with van der Waals surface area (Å²) in [7, 11) is -3.55. The van der Waals surface area contributed by atoms with Crippen LogP contribution in [0.2, 0.25) is 0 Å². The van der Waals surface area contributed by atoms with Gasteiger partial charge in [-0.2, -0.15) is 0 Å². The molecule has 4 nitrogen and oxygen atoms in total. The second-order valence-corrected chi connectivity index (χ2v) is 6.77. The number of benzene rings is 2. The fourth-order valence-corrected chi connectivity index (χ4v) is 3.14. The van der Waals surface area contributed by atoms with Crippen LogP contribution in [0.1, 0.15) is 16.7 Å². The van der Waals surface area contributed by atoms with E-state index in [4.69, 9.17) is 5.73 Å². The minimum Gasteiger partial charge on any atom is -0.330 e. The monoisotopic (exact) mass is 304 g/mol. The van der Waals surface area contributed by atoms with Gasteiger partial charge in [-0.15, -0.1) is 0 Å². The smallest absolute Gasteiger partial charge is 0.261 e. The predicted molar refractivity (Wildman–Crippen MR) is 85.9 cm³/mol. The van der Waals surface area contributed by atoms with Crippen LogP contribution in [0.5, 0.6) is 0 Å². The summed E-state index contributed by atoms with van der Waals surface area (Å²) in [6, 6.07) is 12.4. The molecule has 0 bridgehead atoms. The molecular formula is C16H20N2O2S. The minimum absolute atomic E-state index is 0.275. The van der Waals surface area contributed by atoms with Gasteiger partial charge < -0.3 is 5.73 Å². The highest BCUT2D eigenvalue weighted by atomic mass is 32.2. The van der Waals surface area contributed by atoms with Gasteiger partial charge in [0.1, 0.15) is 0 Å². The molecule has 0 heterocycles. The molecule has 0 aliphatic rings. The Labute approximate surface area is 126 Å². The molecule has 0 aromatic heterocycles. The van der Waals surface area contributed by atoms with E-state index in [0.717, 1.165) is 23.1 Å². The molecule has 2 aromatic carbocycles. The Bertz CT molecular complexity index is 722. The first-order chi connectivity index (χ1) is 9.92. The summed E-state index contributed by atoms with van der Waals surface area (Å²) < 4.78 is 27.3. The predicted octanol–water partition coefficient (Wildman–Crippen LogP) is 2.61. The zero-order valence-electron chi connectivity index (χ0n) is 12.3. The van der Waals surface area contributed by atoms with Gasteiger partial charge in [0, 0.05) is 5.69 Å². The van der Waals surface area contributed by atoms with Gasteiger partial charge in [-0.05, 0) is 67.8 Å². The van der Waals surface area contributed by atoms with E-state index in [0.29, 0.717) is 12.2 Å². The molecule has 0 fully saturated rings. The fourth-order valence-electron chi connectivity index (χ4n) is 2.00. The number of rotatable bonds is 5. The van der Waals surface area contributed by atoms with Crippen molar-refractivity contribution in [3.8, 4) is 0 Å². The van der Waals surface area contributed by atoms with Gasteiger partial charge in [-0.1, -0.05) is 18.2 Å². The first-order valence-corrected chi connectivity index (χ1v) is 8.30. The molecule has 0 saturated carbocycles. The van der Waals surface area contributed by atoms with Crippen LogP contribution in [0.3, 0.4) is 0 Å². The van der Waals surface area contributed by atoms with E-state index in [-0.39, 0.29) is 4.90 Å². The van der Waals surface area contributed by atoms with Crippen LogP contribution >= 0.6 is 0 Å². The van der Waals surface area contributed by atoms with Crippen molar-refractivity contribution in [3.05, 3.63) is 59.2 Å². The molecule has 0 atom stereocenters. The van der Waals surface area contributed by atoms with Crippen molar-refractivity contribution >= 4 is 15.7 Å². The van der Waals surface area contributed by atoms with Gasteiger partial charge in [0.2, 0.25) is 0 Å². The van der Waals surface area contributed by atoms with Crippen LogP contribution < -0.4 is 10.5 Å². The standard InChI is InChI=1S/C16H20N2O2S/c1-12-3-8-16(11-13(12)2)21(19,20)18-15-6-4-14(5-7-15)9-10-17/h3-8,11,18H,9-10,17H2,1-2H3. The topological polar surface area (TPSA) is 72.2 Å². The normalized spacial score (nSPS) is 11.4. The highest BCUT2D eigenvalue weighted by Crippen LogP contribution is 2.19. The van der Waals surface area contributed by atoms with Crippen molar-refractivity contribution in [2.24, 2.45) is 5.73 Å². The van der Waals surface area contributed by atoms with E-state index in [1.807, 2.05) is 32.0 Å². The maximum absolute atomic E-state index is 12.3. The Hall–Kier alpha value is -1.85. The van der Waals surface area contributed by atoms with Gasteiger partial charge >= 0.3 is 0 Å². The Morgan fingerprint density at radius 2 is 1.67 bits per heavy atom. The molecule has 0 aliphatic carbocycles. The summed E-state index contributed by atoms with van der Waals surface area (Å²) in [6.07, 6.45) is 0.782. The van der Waals surface area contributed by atoms with Crippen molar-refractivity contribution in [2.75, 3.05) is 11.3 Å². The number of nitrogens with one attached hydrogen (secondary N) is 1. The molecule has 0 unspecified atom stereocenters. The Morgan fingerprint density at radius 3 is 2.24 bits per heavy atom. The molecule has 0 aliphatic heterocycles. The van der Waals surface area contributed by atoms with Crippen molar-refractivity contribution < 1.29 is 8.42 Å². The minimum atomic E-state index is -3.55. The molecule has 0 radical (unpaired) electrons. The summed E-state index contributed by atoms with van der Waals surface area (Å²) in [6.45, 7) is 4.43. The SMILES string of the molecule is Cc1ccc(S(=O)(=O)Nc2ccc(CCN)cc2)cc1C. The number of aryl methyl sites for hydroxylation is 2. The Morgan fingerprint density at radius 1 is 1.00 bits per heavy atom. The zero-order chi connectivity index (χ0) is 15.5. The number of hydrogen-bond acceptors (Lipinski definition) is 3. The maximum atomic E-state index is 12.3. The average Bonchev–Trinajstić information content (AvgIpc) is 2.44. The summed E-state index contributed by atoms with van der Waals surface area (Å²) in [5.41, 5.74) is 9.15. The lowest BCUT2D eigenvalue weighted by molar-refractivity contribution is 0.601. The van der Waals surface area contributed by atoms with Gasteiger partial charge in [0.05, 0.1) is 4.90 Å². The Balaban J connectivity index is 2.22. The highest BCUT2D eigenvalue weighted by molar-refractivity contribution is 7.92. The third-order valence-electron chi connectivity index (χ3n) is 3.43. The number of sulfonamides is 1. The van der Waals surface area contributed by atoms with Gasteiger partial charge in [-0.3, -0.25) is 4.72 Å². The van der Waals surface area contributed by atoms with Crippen LogP contribution in [-0.2, 0) is 16.4 Å². The molecule has 0 spiro atoms. The van der Waals surface area contributed by atoms with E-state index in [2.05, 4.69) is 4.72 Å². The molecular weight excluding hydrogens is 284 g/mol. The maximum Gasteiger partial charge on any atom is 0.261 e. The summed E-state index contributed by atoms with van der Waals surface area (Å²) in [4.78, 5) is 0.275. The fraction of sp³-hybridized carbons (Fsp3) is 0.250. The molecule has 0 amide bonds. The molecule has 5 heteroatoms. The lowest BCUT2D eigenvalue weighted by Gasteiger charge is -2.10. The van der Waals surface area contributed by atoms with Crippen LogP contribution in [0.25, 0.3) is 0 Å². The lowest BCUT2D eigenvalue weighted by atomic mass is 10.1. The largest absolute Gasteiger partial charge is 0.330 e. The second-order valence-electron chi connectivity index (χ2n) is 5.09. The number of hydrogen-bond donors (Lipinski definition) is 2. The number of anilines is 1.